The summed E-state index contributed by atoms with van der Waals surface area (Å²) in [5.41, 5.74) is 0.795. The van der Waals surface area contributed by atoms with Crippen molar-refractivity contribution < 1.29 is 22.7 Å². The van der Waals surface area contributed by atoms with Gasteiger partial charge in [-0.05, 0) is 62.2 Å². The van der Waals surface area contributed by atoms with Crippen LogP contribution in [0.15, 0.2) is 48.5 Å². The van der Waals surface area contributed by atoms with E-state index in [1.165, 1.54) is 4.90 Å². The lowest BCUT2D eigenvalue weighted by Gasteiger charge is -2.48. The van der Waals surface area contributed by atoms with E-state index in [1.54, 1.807) is 26.8 Å². The van der Waals surface area contributed by atoms with Gasteiger partial charge in [0, 0.05) is 13.9 Å². The van der Waals surface area contributed by atoms with Crippen LogP contribution in [-0.2, 0) is 4.74 Å². The molecule has 4 nitrogen and oxygen atoms in total. The first-order valence-electron chi connectivity index (χ1n) is 11.5. The fourth-order valence-electron chi connectivity index (χ4n) is 3.52. The van der Waals surface area contributed by atoms with Gasteiger partial charge in [-0.2, -0.15) is 0 Å². The molecule has 0 saturated carbocycles. The fourth-order valence-corrected chi connectivity index (χ4v) is 4.54. The van der Waals surface area contributed by atoms with E-state index in [1.807, 2.05) is 24.3 Å². The fraction of sp³-hybridized carbons (Fsp3) is 0.444. The molecule has 7 heteroatoms. The van der Waals surface area contributed by atoms with Gasteiger partial charge >= 0.3 is 6.09 Å². The SMILES string of the molecule is CC(C)(C)OC(=O)N1CC(c2cc(F)ccc2F)=CC1c1cccc(O[Si-](C)(C)C(C)(C)C)c1. The highest BCUT2D eigenvalue weighted by molar-refractivity contribution is 6.74. The number of hydrogen-bond donors (Lipinski definition) is 0. The zero-order valence-corrected chi connectivity index (χ0v) is 22.3. The molecule has 0 bridgehead atoms. The van der Waals surface area contributed by atoms with E-state index in [0.717, 1.165) is 29.5 Å². The molecule has 0 fully saturated rings. The van der Waals surface area contributed by atoms with E-state index in [9.17, 15) is 13.6 Å². The summed E-state index contributed by atoms with van der Waals surface area (Å²) in [6, 6.07) is 10.5. The molecule has 2 aromatic carbocycles. The van der Waals surface area contributed by atoms with Crippen LogP contribution < -0.4 is 4.43 Å². The van der Waals surface area contributed by atoms with E-state index >= 15 is 0 Å². The van der Waals surface area contributed by atoms with Crippen molar-refractivity contribution in [1.82, 2.24) is 4.90 Å². The lowest BCUT2D eigenvalue weighted by atomic mass is 10.0. The number of halogens is 2. The van der Waals surface area contributed by atoms with Gasteiger partial charge in [0.25, 0.3) is 0 Å². The number of hydrogen-bond acceptors (Lipinski definition) is 3. The van der Waals surface area contributed by atoms with Gasteiger partial charge in [-0.15, -0.1) is 18.1 Å². The van der Waals surface area contributed by atoms with Crippen LogP contribution in [-0.4, -0.2) is 31.5 Å². The number of nitrogens with zero attached hydrogens (tertiary/aromatic N) is 1. The number of rotatable bonds is 4. The molecule has 1 heterocycles. The van der Waals surface area contributed by atoms with Crippen LogP contribution in [0.4, 0.5) is 13.6 Å². The first kappa shape index (κ1) is 25.9. The monoisotopic (exact) mass is 487 g/mol. The van der Waals surface area contributed by atoms with Crippen LogP contribution in [0.5, 0.6) is 5.75 Å². The summed E-state index contributed by atoms with van der Waals surface area (Å²) in [5.74, 6) is -0.339. The number of carbonyl (C=O) groups excluding carboxylic acids is 1. The second-order valence-electron chi connectivity index (χ2n) is 11.3. The molecule has 0 N–H and O–H groups in total. The Hall–Kier alpha value is -2.67. The van der Waals surface area contributed by atoms with Crippen LogP contribution in [0.3, 0.4) is 0 Å². The summed E-state index contributed by atoms with van der Waals surface area (Å²) >= 11 is 0. The predicted molar refractivity (Wildman–Crippen MR) is 134 cm³/mol. The Bertz CT molecular complexity index is 1100. The van der Waals surface area contributed by atoms with Crippen LogP contribution in [0.1, 0.15) is 58.7 Å². The molecular formula is C27H35F2NO3Si-. The van der Waals surface area contributed by atoms with Crippen LogP contribution in [0, 0.1) is 11.6 Å². The zero-order valence-electron chi connectivity index (χ0n) is 21.3. The summed E-state index contributed by atoms with van der Waals surface area (Å²) in [6.45, 7) is 16.4. The first-order valence-corrected chi connectivity index (χ1v) is 14.4. The van der Waals surface area contributed by atoms with Gasteiger partial charge < -0.3 is 9.16 Å². The Morgan fingerprint density at radius 1 is 1.03 bits per heavy atom. The van der Waals surface area contributed by atoms with Crippen molar-refractivity contribution in [3.8, 4) is 5.75 Å². The zero-order chi connectivity index (χ0) is 25.5. The molecule has 34 heavy (non-hydrogen) atoms. The average molecular weight is 488 g/mol. The minimum absolute atomic E-state index is 0.0287. The Kier molecular flexibility index (Phi) is 7.00. The van der Waals surface area contributed by atoms with Crippen LogP contribution >= 0.6 is 0 Å². The van der Waals surface area contributed by atoms with Gasteiger partial charge in [0.2, 0.25) is 0 Å². The van der Waals surface area contributed by atoms with Gasteiger partial charge in [0.15, 0.2) is 0 Å². The van der Waals surface area contributed by atoms with E-state index in [2.05, 4.69) is 33.9 Å². The minimum atomic E-state index is -2.07. The molecule has 185 valence electrons. The quantitative estimate of drug-likeness (QED) is 0.414. The highest BCUT2D eigenvalue weighted by atomic mass is 28.4. The molecule has 1 amide bonds. The molecule has 0 aromatic heterocycles. The van der Waals surface area contributed by atoms with Crippen molar-refractivity contribution in [2.45, 2.75) is 71.3 Å². The third-order valence-corrected chi connectivity index (χ3v) is 10.7. The van der Waals surface area contributed by atoms with Gasteiger partial charge in [0.05, 0.1) is 18.3 Å². The summed E-state index contributed by atoms with van der Waals surface area (Å²) in [4.78, 5) is 14.6. The number of carbonyl (C=O) groups is 1. The Labute approximate surface area is 202 Å². The second-order valence-corrected chi connectivity index (χ2v) is 16.0. The van der Waals surface area contributed by atoms with Crippen molar-refractivity contribution in [2.75, 3.05) is 6.54 Å². The van der Waals surface area contributed by atoms with E-state index in [0.29, 0.717) is 5.57 Å². The largest absolute Gasteiger partial charge is 0.689 e. The Morgan fingerprint density at radius 3 is 2.32 bits per heavy atom. The van der Waals surface area contributed by atoms with Gasteiger partial charge in [-0.3, -0.25) is 4.90 Å². The molecule has 3 rings (SSSR count). The molecule has 0 saturated heterocycles. The van der Waals surface area contributed by atoms with Crippen LogP contribution in [0.25, 0.3) is 5.57 Å². The maximum absolute atomic E-state index is 14.6. The second kappa shape index (κ2) is 9.17. The molecule has 1 aliphatic heterocycles. The van der Waals surface area contributed by atoms with Gasteiger partial charge in [-0.25, -0.2) is 13.6 Å². The number of ether oxygens (including phenoxy) is 1. The molecule has 1 unspecified atom stereocenters. The molecule has 0 spiro atoms. The molecule has 1 atom stereocenters. The van der Waals surface area contributed by atoms with Crippen molar-refractivity contribution in [3.05, 3.63) is 71.3 Å². The van der Waals surface area contributed by atoms with Gasteiger partial charge in [0.1, 0.15) is 17.2 Å². The Morgan fingerprint density at radius 2 is 1.71 bits per heavy atom. The van der Waals surface area contributed by atoms with Gasteiger partial charge in [-0.1, -0.05) is 39.0 Å². The van der Waals surface area contributed by atoms with Crippen molar-refractivity contribution in [1.29, 1.82) is 0 Å². The smallest absolute Gasteiger partial charge is 0.411 e. The van der Waals surface area contributed by atoms with Crippen molar-refractivity contribution >= 4 is 20.0 Å². The summed E-state index contributed by atoms with van der Waals surface area (Å²) in [5, 5.41) is 0.0287. The van der Waals surface area contributed by atoms with E-state index in [-0.39, 0.29) is 17.1 Å². The third kappa shape index (κ3) is 5.87. The van der Waals surface area contributed by atoms with E-state index in [4.69, 9.17) is 9.16 Å². The lowest BCUT2D eigenvalue weighted by Crippen LogP contribution is -2.43. The minimum Gasteiger partial charge on any atom is -0.689 e. The lowest BCUT2D eigenvalue weighted by molar-refractivity contribution is 0.0242. The van der Waals surface area contributed by atoms with Crippen LogP contribution in [0.2, 0.25) is 18.1 Å². The molecule has 0 aliphatic carbocycles. The third-order valence-electron chi connectivity index (χ3n) is 6.32. The average Bonchev–Trinajstić information content (AvgIpc) is 3.13. The number of benzene rings is 2. The maximum atomic E-state index is 14.6. The highest BCUT2D eigenvalue weighted by Crippen LogP contribution is 2.40. The first-order chi connectivity index (χ1) is 15.6. The summed E-state index contributed by atoms with van der Waals surface area (Å²) in [6.07, 6.45) is 1.28. The molecule has 0 radical (unpaired) electrons. The predicted octanol–water partition coefficient (Wildman–Crippen LogP) is 7.72. The number of amides is 1. The summed E-state index contributed by atoms with van der Waals surface area (Å²) < 4.78 is 40.5. The maximum Gasteiger partial charge on any atom is 0.411 e. The normalized spacial score (nSPS) is 16.9. The molecule has 1 aliphatic rings. The standard InChI is InChI=1S/C27H35F2NO3Si/c1-26(2,3)32-25(31)30-17-19(22-16-20(28)12-13-23(22)29)15-24(30)18-10-9-11-21(14-18)33-34(7,8)27(4,5)6/h9-16,24H,17H2,1-8H3/q-1. The topological polar surface area (TPSA) is 38.8 Å². The molecule has 2 aromatic rings. The Balaban J connectivity index is 2.01. The van der Waals surface area contributed by atoms with Crippen molar-refractivity contribution in [2.24, 2.45) is 0 Å². The van der Waals surface area contributed by atoms with E-state index < -0.39 is 37.7 Å². The summed E-state index contributed by atoms with van der Waals surface area (Å²) in [7, 11) is -2.07. The molecular weight excluding hydrogens is 452 g/mol. The highest BCUT2D eigenvalue weighted by Gasteiger charge is 2.35. The van der Waals surface area contributed by atoms with Crippen molar-refractivity contribution in [3.63, 3.8) is 0 Å².